The van der Waals surface area contributed by atoms with E-state index in [4.69, 9.17) is 0 Å². The molecule has 0 bridgehead atoms. The Labute approximate surface area is 97.8 Å². The first-order valence-corrected chi connectivity index (χ1v) is 6.52. The lowest BCUT2D eigenvalue weighted by atomic mass is 10.1. The highest BCUT2D eigenvalue weighted by atomic mass is 16.2. The lowest BCUT2D eigenvalue weighted by molar-refractivity contribution is 0.177. The van der Waals surface area contributed by atoms with Gasteiger partial charge in [-0.05, 0) is 32.2 Å². The molecule has 0 radical (unpaired) electrons. The van der Waals surface area contributed by atoms with Crippen molar-refractivity contribution in [3.05, 3.63) is 0 Å². The summed E-state index contributed by atoms with van der Waals surface area (Å²) in [6.45, 7) is 2.03. The van der Waals surface area contributed by atoms with Crippen LogP contribution in [0.1, 0.15) is 38.5 Å². The highest BCUT2D eigenvalue weighted by Crippen LogP contribution is 2.29. The maximum atomic E-state index is 11.2. The van der Waals surface area contributed by atoms with Gasteiger partial charge in [0, 0.05) is 25.7 Å². The van der Waals surface area contributed by atoms with Crippen molar-refractivity contribution in [1.82, 2.24) is 15.5 Å². The number of nitrogens with zero attached hydrogens (tertiary/aromatic N) is 1. The molecule has 1 saturated carbocycles. The fourth-order valence-electron chi connectivity index (χ4n) is 3.09. The van der Waals surface area contributed by atoms with E-state index in [9.17, 15) is 4.79 Å². The van der Waals surface area contributed by atoms with Crippen LogP contribution in [0.3, 0.4) is 0 Å². The molecule has 1 saturated heterocycles. The monoisotopic (exact) mass is 225 g/mol. The molecule has 1 heterocycles. The fourth-order valence-corrected chi connectivity index (χ4v) is 3.09. The van der Waals surface area contributed by atoms with E-state index in [1.165, 1.54) is 45.1 Å². The van der Waals surface area contributed by atoms with Gasteiger partial charge in [0.05, 0.1) is 0 Å². The molecule has 0 aromatic heterocycles. The third-order valence-electron chi connectivity index (χ3n) is 3.94. The van der Waals surface area contributed by atoms with E-state index in [1.807, 2.05) is 0 Å². The van der Waals surface area contributed by atoms with Crippen molar-refractivity contribution in [2.45, 2.75) is 50.6 Å². The second kappa shape index (κ2) is 5.53. The third kappa shape index (κ3) is 2.67. The van der Waals surface area contributed by atoms with Crippen LogP contribution in [0.5, 0.6) is 0 Å². The van der Waals surface area contributed by atoms with Gasteiger partial charge in [-0.2, -0.15) is 0 Å². The Balaban J connectivity index is 1.80. The first-order chi connectivity index (χ1) is 7.81. The van der Waals surface area contributed by atoms with Crippen molar-refractivity contribution in [3.63, 3.8) is 0 Å². The van der Waals surface area contributed by atoms with Crippen molar-refractivity contribution in [3.8, 4) is 0 Å². The summed E-state index contributed by atoms with van der Waals surface area (Å²) >= 11 is 0. The summed E-state index contributed by atoms with van der Waals surface area (Å²) in [5, 5.41) is 5.54. The molecule has 1 atom stereocenters. The molecule has 2 rings (SSSR count). The van der Waals surface area contributed by atoms with E-state index in [0.29, 0.717) is 6.04 Å². The smallest absolute Gasteiger partial charge is 0.314 e. The number of carbonyl (C=O) groups is 1. The predicted octanol–water partition coefficient (Wildman–Crippen LogP) is 1.32. The maximum Gasteiger partial charge on any atom is 0.314 e. The normalized spacial score (nSPS) is 27.2. The minimum atomic E-state index is -0.0572. The van der Waals surface area contributed by atoms with E-state index >= 15 is 0 Å². The molecule has 4 nitrogen and oxygen atoms in total. The number of nitrogens with one attached hydrogen (secondary N) is 2. The van der Waals surface area contributed by atoms with Crippen LogP contribution in [-0.2, 0) is 0 Å². The summed E-state index contributed by atoms with van der Waals surface area (Å²) in [6.07, 6.45) is 8.01. The van der Waals surface area contributed by atoms with Gasteiger partial charge >= 0.3 is 6.03 Å². The number of amides is 2. The summed E-state index contributed by atoms with van der Waals surface area (Å²) < 4.78 is 0. The molecule has 1 aliphatic carbocycles. The number of hydrogen-bond acceptors (Lipinski definition) is 2. The number of carbonyl (C=O) groups excluding carboxylic acids is 1. The molecular formula is C12H23N3O. The molecule has 1 aliphatic heterocycles. The molecule has 2 amide bonds. The SMILES string of the molecule is CNC(=O)NC[C@H]1CCCN1C1CCCC1. The minimum Gasteiger partial charge on any atom is -0.341 e. The second-order valence-electron chi connectivity index (χ2n) is 4.93. The largest absolute Gasteiger partial charge is 0.341 e. The Morgan fingerprint density at radius 3 is 2.69 bits per heavy atom. The molecular weight excluding hydrogens is 202 g/mol. The van der Waals surface area contributed by atoms with E-state index in [2.05, 4.69) is 15.5 Å². The van der Waals surface area contributed by atoms with Crippen molar-refractivity contribution >= 4 is 6.03 Å². The lowest BCUT2D eigenvalue weighted by Gasteiger charge is -2.30. The van der Waals surface area contributed by atoms with Gasteiger partial charge in [0.25, 0.3) is 0 Å². The first kappa shape index (κ1) is 11.7. The van der Waals surface area contributed by atoms with Gasteiger partial charge in [0.1, 0.15) is 0 Å². The van der Waals surface area contributed by atoms with Gasteiger partial charge < -0.3 is 10.6 Å². The zero-order valence-electron chi connectivity index (χ0n) is 10.2. The van der Waals surface area contributed by atoms with Crippen LogP contribution >= 0.6 is 0 Å². The Morgan fingerprint density at radius 2 is 2.00 bits per heavy atom. The Hall–Kier alpha value is -0.770. The van der Waals surface area contributed by atoms with Crippen molar-refractivity contribution in [2.24, 2.45) is 0 Å². The van der Waals surface area contributed by atoms with E-state index in [-0.39, 0.29) is 6.03 Å². The van der Waals surface area contributed by atoms with E-state index in [0.717, 1.165) is 12.6 Å². The van der Waals surface area contributed by atoms with E-state index < -0.39 is 0 Å². The highest BCUT2D eigenvalue weighted by molar-refractivity contribution is 5.73. The minimum absolute atomic E-state index is 0.0572. The molecule has 2 fully saturated rings. The van der Waals surface area contributed by atoms with Crippen LogP contribution in [0.4, 0.5) is 4.79 Å². The summed E-state index contributed by atoms with van der Waals surface area (Å²) in [4.78, 5) is 13.8. The molecule has 0 aromatic carbocycles. The third-order valence-corrected chi connectivity index (χ3v) is 3.94. The zero-order valence-corrected chi connectivity index (χ0v) is 10.2. The van der Waals surface area contributed by atoms with Gasteiger partial charge in [-0.15, -0.1) is 0 Å². The summed E-state index contributed by atoms with van der Waals surface area (Å²) in [7, 11) is 1.67. The summed E-state index contributed by atoms with van der Waals surface area (Å²) in [5.41, 5.74) is 0. The Kier molecular flexibility index (Phi) is 4.04. The van der Waals surface area contributed by atoms with Crippen LogP contribution in [0.15, 0.2) is 0 Å². The number of hydrogen-bond donors (Lipinski definition) is 2. The van der Waals surface area contributed by atoms with Crippen LogP contribution in [0.2, 0.25) is 0 Å². The maximum absolute atomic E-state index is 11.2. The van der Waals surface area contributed by atoms with Crippen LogP contribution in [-0.4, -0.2) is 43.2 Å². The topological polar surface area (TPSA) is 44.4 Å². The Bertz CT molecular complexity index is 238. The highest BCUT2D eigenvalue weighted by Gasteiger charge is 2.32. The standard InChI is InChI=1S/C12H23N3O/c1-13-12(16)14-9-11-7-4-8-15(11)10-5-2-3-6-10/h10-11H,2-9H2,1H3,(H2,13,14,16)/t11-/m1/s1. The summed E-state index contributed by atoms with van der Waals surface area (Å²) in [6, 6.07) is 1.30. The van der Waals surface area contributed by atoms with Crippen molar-refractivity contribution in [1.29, 1.82) is 0 Å². The fraction of sp³-hybridized carbons (Fsp3) is 0.917. The average molecular weight is 225 g/mol. The average Bonchev–Trinajstić information content (AvgIpc) is 2.95. The molecule has 4 heteroatoms. The van der Waals surface area contributed by atoms with Crippen LogP contribution < -0.4 is 10.6 Å². The van der Waals surface area contributed by atoms with Crippen molar-refractivity contribution < 1.29 is 4.79 Å². The molecule has 2 N–H and O–H groups in total. The second-order valence-corrected chi connectivity index (χ2v) is 4.93. The molecule has 0 unspecified atom stereocenters. The van der Waals surface area contributed by atoms with Gasteiger partial charge in [0.2, 0.25) is 0 Å². The van der Waals surface area contributed by atoms with Gasteiger partial charge in [-0.1, -0.05) is 12.8 Å². The van der Waals surface area contributed by atoms with Gasteiger partial charge in [0.15, 0.2) is 0 Å². The summed E-state index contributed by atoms with van der Waals surface area (Å²) in [5.74, 6) is 0. The molecule has 0 aromatic rings. The van der Waals surface area contributed by atoms with E-state index in [1.54, 1.807) is 7.05 Å². The predicted molar refractivity (Wildman–Crippen MR) is 64.4 cm³/mol. The number of rotatable bonds is 3. The van der Waals surface area contributed by atoms with Gasteiger partial charge in [-0.25, -0.2) is 4.79 Å². The van der Waals surface area contributed by atoms with Crippen LogP contribution in [0.25, 0.3) is 0 Å². The molecule has 0 spiro atoms. The molecule has 2 aliphatic rings. The lowest BCUT2D eigenvalue weighted by Crippen LogP contribution is -2.46. The first-order valence-electron chi connectivity index (χ1n) is 6.52. The molecule has 92 valence electrons. The van der Waals surface area contributed by atoms with Gasteiger partial charge in [-0.3, -0.25) is 4.90 Å². The zero-order chi connectivity index (χ0) is 11.4. The van der Waals surface area contributed by atoms with Crippen LogP contribution in [0, 0.1) is 0 Å². The Morgan fingerprint density at radius 1 is 1.25 bits per heavy atom. The van der Waals surface area contributed by atoms with Crippen molar-refractivity contribution in [2.75, 3.05) is 20.1 Å². The number of urea groups is 1. The quantitative estimate of drug-likeness (QED) is 0.761. The molecule has 16 heavy (non-hydrogen) atoms. The number of likely N-dealkylation sites (tertiary alicyclic amines) is 1.